The zero-order chi connectivity index (χ0) is 13.3. The van der Waals surface area contributed by atoms with Crippen LogP contribution in [0.4, 0.5) is 8.78 Å². The van der Waals surface area contributed by atoms with E-state index in [1.165, 1.54) is 12.1 Å². The molecule has 1 heterocycles. The Bertz CT molecular complexity index is 547. The highest BCUT2D eigenvalue weighted by atomic mass is 32.1. The second kappa shape index (κ2) is 5.12. The van der Waals surface area contributed by atoms with Gasteiger partial charge in [0, 0.05) is 29.0 Å². The normalized spacial score (nSPS) is 12.7. The molecule has 1 atom stereocenters. The summed E-state index contributed by atoms with van der Waals surface area (Å²) >= 11 is 1.56. The molecular formula is C13H14F2N2S. The zero-order valence-corrected chi connectivity index (χ0v) is 11.0. The van der Waals surface area contributed by atoms with Gasteiger partial charge in [0.2, 0.25) is 0 Å². The van der Waals surface area contributed by atoms with Gasteiger partial charge in [0.15, 0.2) is 0 Å². The minimum absolute atomic E-state index is 0.321. The summed E-state index contributed by atoms with van der Waals surface area (Å²) in [6.07, 6.45) is 0.460. The number of benzene rings is 1. The van der Waals surface area contributed by atoms with E-state index in [2.05, 4.69) is 4.98 Å². The largest absolute Gasteiger partial charge is 0.324 e. The van der Waals surface area contributed by atoms with Crippen molar-refractivity contribution in [3.8, 4) is 0 Å². The summed E-state index contributed by atoms with van der Waals surface area (Å²) in [6, 6.07) is 2.96. The first-order valence-corrected chi connectivity index (χ1v) is 6.42. The van der Waals surface area contributed by atoms with E-state index in [0.717, 1.165) is 21.6 Å². The third-order valence-electron chi connectivity index (χ3n) is 2.83. The van der Waals surface area contributed by atoms with Crippen LogP contribution >= 0.6 is 11.3 Å². The van der Waals surface area contributed by atoms with Crippen molar-refractivity contribution < 1.29 is 8.78 Å². The highest BCUT2D eigenvalue weighted by Gasteiger charge is 2.15. The van der Waals surface area contributed by atoms with Gasteiger partial charge in [-0.3, -0.25) is 0 Å². The Morgan fingerprint density at radius 2 is 2.06 bits per heavy atom. The van der Waals surface area contributed by atoms with E-state index in [1.54, 1.807) is 11.3 Å². The van der Waals surface area contributed by atoms with E-state index in [9.17, 15) is 8.78 Å². The second-order valence-electron chi connectivity index (χ2n) is 4.23. The molecule has 1 aromatic carbocycles. The quantitative estimate of drug-likeness (QED) is 0.927. The van der Waals surface area contributed by atoms with E-state index in [-0.39, 0.29) is 0 Å². The smallest absolute Gasteiger partial charge is 0.130 e. The van der Waals surface area contributed by atoms with Gasteiger partial charge in [-0.05, 0) is 19.9 Å². The summed E-state index contributed by atoms with van der Waals surface area (Å²) < 4.78 is 26.4. The summed E-state index contributed by atoms with van der Waals surface area (Å²) in [5.41, 5.74) is 7.24. The van der Waals surface area contributed by atoms with Crippen LogP contribution in [0.25, 0.3) is 0 Å². The van der Waals surface area contributed by atoms with Crippen molar-refractivity contribution in [2.45, 2.75) is 26.3 Å². The highest BCUT2D eigenvalue weighted by Crippen LogP contribution is 2.23. The molecule has 1 aromatic heterocycles. The lowest BCUT2D eigenvalue weighted by molar-refractivity contribution is 0.554. The van der Waals surface area contributed by atoms with E-state index in [1.807, 2.05) is 13.8 Å². The van der Waals surface area contributed by atoms with Crippen molar-refractivity contribution in [3.05, 3.63) is 51.0 Å². The fraction of sp³-hybridized carbons (Fsp3) is 0.308. The molecule has 2 N–H and O–H groups in total. The van der Waals surface area contributed by atoms with Crippen molar-refractivity contribution in [1.82, 2.24) is 4.98 Å². The predicted molar refractivity (Wildman–Crippen MR) is 68.6 cm³/mol. The molecule has 0 saturated heterocycles. The van der Waals surface area contributed by atoms with Crippen LogP contribution in [0.2, 0.25) is 0 Å². The van der Waals surface area contributed by atoms with Gasteiger partial charge in [0.05, 0.1) is 10.7 Å². The van der Waals surface area contributed by atoms with Crippen LogP contribution in [-0.2, 0) is 6.42 Å². The van der Waals surface area contributed by atoms with Crippen LogP contribution in [0.1, 0.15) is 27.2 Å². The number of aryl methyl sites for hydroxylation is 2. The van der Waals surface area contributed by atoms with Crippen LogP contribution in [0.5, 0.6) is 0 Å². The van der Waals surface area contributed by atoms with Gasteiger partial charge < -0.3 is 5.73 Å². The van der Waals surface area contributed by atoms with Crippen LogP contribution in [0.3, 0.4) is 0 Å². The van der Waals surface area contributed by atoms with E-state index in [0.29, 0.717) is 12.0 Å². The average Bonchev–Trinajstić information content (AvgIpc) is 2.57. The Labute approximate surface area is 108 Å². The van der Waals surface area contributed by atoms with Gasteiger partial charge in [0.25, 0.3) is 0 Å². The maximum atomic E-state index is 13.6. The summed E-state index contributed by atoms with van der Waals surface area (Å²) in [5, 5.41) is 0.876. The van der Waals surface area contributed by atoms with Crippen molar-refractivity contribution >= 4 is 11.3 Å². The van der Waals surface area contributed by atoms with Gasteiger partial charge in [-0.2, -0.15) is 0 Å². The Kier molecular flexibility index (Phi) is 3.73. The predicted octanol–water partition coefficient (Wildman–Crippen LogP) is 3.28. The number of aromatic nitrogens is 1. The second-order valence-corrected chi connectivity index (χ2v) is 5.51. The van der Waals surface area contributed by atoms with Crippen LogP contribution in [0, 0.1) is 25.5 Å². The highest BCUT2D eigenvalue weighted by molar-refractivity contribution is 7.11. The van der Waals surface area contributed by atoms with Crippen molar-refractivity contribution in [3.63, 3.8) is 0 Å². The molecule has 0 bridgehead atoms. The fourth-order valence-electron chi connectivity index (χ4n) is 1.73. The van der Waals surface area contributed by atoms with Gasteiger partial charge in [-0.1, -0.05) is 6.07 Å². The number of rotatable bonds is 3. The molecule has 0 spiro atoms. The summed E-state index contributed by atoms with van der Waals surface area (Å²) in [5.74, 6) is -1.20. The molecule has 2 nitrogen and oxygen atoms in total. The van der Waals surface area contributed by atoms with E-state index < -0.39 is 17.7 Å². The monoisotopic (exact) mass is 268 g/mol. The minimum Gasteiger partial charge on any atom is -0.324 e. The molecule has 2 aromatic rings. The first-order valence-electron chi connectivity index (χ1n) is 5.61. The first kappa shape index (κ1) is 13.1. The lowest BCUT2D eigenvalue weighted by atomic mass is 10.0. The summed E-state index contributed by atoms with van der Waals surface area (Å²) in [6.45, 7) is 3.92. The number of hydrogen-bond donors (Lipinski definition) is 1. The minimum atomic E-state index is -0.604. The van der Waals surface area contributed by atoms with E-state index in [4.69, 9.17) is 5.73 Å². The third-order valence-corrected chi connectivity index (χ3v) is 3.92. The Morgan fingerprint density at radius 3 is 2.61 bits per heavy atom. The van der Waals surface area contributed by atoms with Gasteiger partial charge in [0.1, 0.15) is 11.6 Å². The number of nitrogens with two attached hydrogens (primary N) is 1. The van der Waals surface area contributed by atoms with Gasteiger partial charge >= 0.3 is 0 Å². The lowest BCUT2D eigenvalue weighted by Gasteiger charge is -2.11. The van der Waals surface area contributed by atoms with Crippen LogP contribution < -0.4 is 5.73 Å². The molecule has 2 rings (SSSR count). The number of hydrogen-bond acceptors (Lipinski definition) is 3. The van der Waals surface area contributed by atoms with Crippen molar-refractivity contribution in [2.75, 3.05) is 0 Å². The molecule has 1 unspecified atom stereocenters. The van der Waals surface area contributed by atoms with Gasteiger partial charge in [-0.15, -0.1) is 11.3 Å². The SMILES string of the molecule is Cc1nc(CC(N)c2ccc(F)cc2F)sc1C. The zero-order valence-electron chi connectivity index (χ0n) is 10.2. The van der Waals surface area contributed by atoms with Crippen molar-refractivity contribution in [1.29, 1.82) is 0 Å². The molecule has 0 saturated carbocycles. The Hall–Kier alpha value is -1.33. The number of thiazole rings is 1. The molecule has 5 heteroatoms. The Morgan fingerprint density at radius 1 is 1.33 bits per heavy atom. The van der Waals surface area contributed by atoms with Crippen LogP contribution in [-0.4, -0.2) is 4.98 Å². The molecule has 0 aliphatic heterocycles. The topological polar surface area (TPSA) is 38.9 Å². The van der Waals surface area contributed by atoms with E-state index >= 15 is 0 Å². The Balaban J connectivity index is 2.19. The summed E-state index contributed by atoms with van der Waals surface area (Å²) in [4.78, 5) is 5.50. The standard InChI is InChI=1S/C13H14F2N2S/c1-7-8(2)18-13(17-7)6-12(16)10-4-3-9(14)5-11(10)15/h3-5,12H,6,16H2,1-2H3. The molecule has 0 aliphatic rings. The molecule has 0 amide bonds. The van der Waals surface area contributed by atoms with Gasteiger partial charge in [-0.25, -0.2) is 13.8 Å². The van der Waals surface area contributed by atoms with Crippen molar-refractivity contribution in [2.24, 2.45) is 5.73 Å². The average molecular weight is 268 g/mol. The molecular weight excluding hydrogens is 254 g/mol. The van der Waals surface area contributed by atoms with Crippen LogP contribution in [0.15, 0.2) is 18.2 Å². The number of halogens is 2. The maximum Gasteiger partial charge on any atom is 0.130 e. The number of nitrogens with zero attached hydrogens (tertiary/aromatic N) is 1. The molecule has 18 heavy (non-hydrogen) atoms. The summed E-state index contributed by atoms with van der Waals surface area (Å²) in [7, 11) is 0. The lowest BCUT2D eigenvalue weighted by Crippen LogP contribution is -2.15. The fourth-order valence-corrected chi connectivity index (χ4v) is 2.72. The maximum absolute atomic E-state index is 13.6. The molecule has 0 radical (unpaired) electrons. The molecule has 0 fully saturated rings. The third kappa shape index (κ3) is 2.73. The first-order chi connectivity index (χ1) is 8.47. The molecule has 0 aliphatic carbocycles. The molecule has 96 valence electrons.